The summed E-state index contributed by atoms with van der Waals surface area (Å²) >= 11 is 0. The van der Waals surface area contributed by atoms with Gasteiger partial charge in [-0.1, -0.05) is 26.7 Å². The van der Waals surface area contributed by atoms with Gasteiger partial charge in [0.15, 0.2) is 0 Å². The molecule has 3 rings (SSSR count). The fraction of sp³-hybridized carbons (Fsp3) is 0.579. The number of nitrogens with zero attached hydrogens (tertiary/aromatic N) is 1. The second-order valence-electron chi connectivity index (χ2n) is 7.07. The van der Waals surface area contributed by atoms with E-state index in [1.54, 1.807) is 6.08 Å². The second-order valence-corrected chi connectivity index (χ2v) is 7.07. The molecule has 23 heavy (non-hydrogen) atoms. The molecule has 122 valence electrons. The third-order valence-electron chi connectivity index (χ3n) is 5.20. The van der Waals surface area contributed by atoms with Crippen LogP contribution in [0.3, 0.4) is 0 Å². The van der Waals surface area contributed by atoms with Crippen LogP contribution in [0.2, 0.25) is 0 Å². The van der Waals surface area contributed by atoms with Gasteiger partial charge in [-0.3, -0.25) is 4.79 Å². The van der Waals surface area contributed by atoms with Crippen LogP contribution in [0.1, 0.15) is 63.4 Å². The Morgan fingerprint density at radius 2 is 2.04 bits per heavy atom. The number of hydrogen-bond acceptors (Lipinski definition) is 3. The molecule has 0 aliphatic heterocycles. The van der Waals surface area contributed by atoms with E-state index in [4.69, 9.17) is 4.42 Å². The van der Waals surface area contributed by atoms with Crippen LogP contribution in [-0.2, 0) is 4.79 Å². The van der Waals surface area contributed by atoms with Gasteiger partial charge in [0.2, 0.25) is 0 Å². The lowest BCUT2D eigenvalue weighted by Crippen LogP contribution is -2.41. The Bertz CT molecular complexity index is 653. The van der Waals surface area contributed by atoms with E-state index in [9.17, 15) is 10.1 Å². The number of nitrogens with one attached hydrogen (secondary N) is 1. The molecule has 4 nitrogen and oxygen atoms in total. The lowest BCUT2D eigenvalue weighted by molar-refractivity contribution is -0.118. The molecule has 0 bridgehead atoms. The highest BCUT2D eigenvalue weighted by Crippen LogP contribution is 2.47. The minimum Gasteiger partial charge on any atom is -0.461 e. The lowest BCUT2D eigenvalue weighted by Gasteiger charge is -2.29. The van der Waals surface area contributed by atoms with Crippen molar-refractivity contribution in [2.45, 2.75) is 57.9 Å². The first-order chi connectivity index (χ1) is 11.1. The zero-order valence-electron chi connectivity index (χ0n) is 13.8. The lowest BCUT2D eigenvalue weighted by atomic mass is 9.86. The number of amides is 1. The van der Waals surface area contributed by atoms with Crippen molar-refractivity contribution in [3.8, 4) is 6.07 Å². The molecule has 1 aromatic heterocycles. The van der Waals surface area contributed by atoms with Gasteiger partial charge in [0.25, 0.3) is 5.91 Å². The largest absolute Gasteiger partial charge is 0.461 e. The Morgan fingerprint density at radius 3 is 2.70 bits per heavy atom. The van der Waals surface area contributed by atoms with Crippen molar-refractivity contribution in [2.75, 3.05) is 0 Å². The summed E-state index contributed by atoms with van der Waals surface area (Å²) < 4.78 is 5.76. The molecule has 0 spiro atoms. The van der Waals surface area contributed by atoms with Gasteiger partial charge in [0, 0.05) is 18.0 Å². The van der Waals surface area contributed by atoms with Gasteiger partial charge in [-0.15, -0.1) is 0 Å². The minimum atomic E-state index is -0.288. The second kappa shape index (κ2) is 6.62. The third kappa shape index (κ3) is 3.67. The standard InChI is InChI=1S/C19H24N2O2/c1-12-5-3-4-6-17(12)21-19(22)14(11-20)10-15-7-8-18(23-15)16-9-13(16)2/h7-8,10,12-13,16-17H,3-6,9H2,1-2H3,(H,21,22)/b14-10+/t12-,13+,16-,17+/m1/s1. The number of nitriles is 1. The number of rotatable bonds is 4. The van der Waals surface area contributed by atoms with Crippen molar-refractivity contribution in [2.24, 2.45) is 11.8 Å². The summed E-state index contributed by atoms with van der Waals surface area (Å²) in [6.07, 6.45) is 7.21. The van der Waals surface area contributed by atoms with E-state index in [2.05, 4.69) is 19.2 Å². The Labute approximate surface area is 137 Å². The minimum absolute atomic E-state index is 0.118. The van der Waals surface area contributed by atoms with Crippen molar-refractivity contribution in [3.05, 3.63) is 29.2 Å². The third-order valence-corrected chi connectivity index (χ3v) is 5.20. The summed E-state index contributed by atoms with van der Waals surface area (Å²) in [5, 5.41) is 12.3. The topological polar surface area (TPSA) is 66.0 Å². The van der Waals surface area contributed by atoms with Crippen LogP contribution in [-0.4, -0.2) is 11.9 Å². The maximum Gasteiger partial charge on any atom is 0.262 e. The zero-order valence-corrected chi connectivity index (χ0v) is 13.8. The molecule has 1 amide bonds. The quantitative estimate of drug-likeness (QED) is 0.675. The molecule has 4 heteroatoms. The SMILES string of the molecule is C[C@@H]1CCCC[C@@H]1NC(=O)/C(C#N)=C/c1ccc([C@@H]2C[C@@H]2C)o1. The Morgan fingerprint density at radius 1 is 1.30 bits per heavy atom. The number of carbonyl (C=O) groups is 1. The maximum atomic E-state index is 12.4. The molecular weight excluding hydrogens is 288 g/mol. The van der Waals surface area contributed by atoms with Crippen molar-refractivity contribution in [1.29, 1.82) is 5.26 Å². The maximum absolute atomic E-state index is 12.4. The van der Waals surface area contributed by atoms with Crippen molar-refractivity contribution < 1.29 is 9.21 Å². The number of hydrogen-bond donors (Lipinski definition) is 1. The monoisotopic (exact) mass is 312 g/mol. The molecule has 1 aromatic rings. The van der Waals surface area contributed by atoms with Gasteiger partial charge in [-0.05, 0) is 43.2 Å². The summed E-state index contributed by atoms with van der Waals surface area (Å²) in [5.41, 5.74) is 0.118. The first-order valence-electron chi connectivity index (χ1n) is 8.61. The molecule has 2 saturated carbocycles. The van der Waals surface area contributed by atoms with Crippen LogP contribution in [0.25, 0.3) is 6.08 Å². The van der Waals surface area contributed by atoms with Crippen molar-refractivity contribution in [3.63, 3.8) is 0 Å². The highest BCUT2D eigenvalue weighted by atomic mass is 16.3. The van der Waals surface area contributed by atoms with Gasteiger partial charge < -0.3 is 9.73 Å². The van der Waals surface area contributed by atoms with Crippen molar-refractivity contribution >= 4 is 12.0 Å². The van der Waals surface area contributed by atoms with E-state index in [1.807, 2.05) is 18.2 Å². The summed E-state index contributed by atoms with van der Waals surface area (Å²) in [4.78, 5) is 12.4. The van der Waals surface area contributed by atoms with Crippen LogP contribution >= 0.6 is 0 Å². The molecule has 2 aliphatic carbocycles. The van der Waals surface area contributed by atoms with E-state index in [1.165, 1.54) is 6.42 Å². The fourth-order valence-electron chi connectivity index (χ4n) is 3.43. The number of furan rings is 1. The normalized spacial score (nSPS) is 30.6. The Balaban J connectivity index is 1.67. The van der Waals surface area contributed by atoms with Crippen LogP contribution in [0.4, 0.5) is 0 Å². The van der Waals surface area contributed by atoms with Crippen LogP contribution in [0, 0.1) is 23.2 Å². The van der Waals surface area contributed by atoms with Crippen molar-refractivity contribution in [1.82, 2.24) is 5.32 Å². The van der Waals surface area contributed by atoms with Gasteiger partial charge in [-0.2, -0.15) is 5.26 Å². The van der Waals surface area contributed by atoms with Gasteiger partial charge >= 0.3 is 0 Å². The fourth-order valence-corrected chi connectivity index (χ4v) is 3.43. The van der Waals surface area contributed by atoms with Crippen LogP contribution in [0.15, 0.2) is 22.1 Å². The predicted molar refractivity (Wildman–Crippen MR) is 88.4 cm³/mol. The molecule has 2 fully saturated rings. The molecule has 0 unspecified atom stereocenters. The summed E-state index contributed by atoms with van der Waals surface area (Å²) in [5.74, 6) is 2.90. The van der Waals surface area contributed by atoms with E-state index >= 15 is 0 Å². The molecule has 0 radical (unpaired) electrons. The summed E-state index contributed by atoms with van der Waals surface area (Å²) in [6.45, 7) is 4.36. The van der Waals surface area contributed by atoms with Gasteiger partial charge in [0.1, 0.15) is 23.2 Å². The molecule has 0 aromatic carbocycles. The molecule has 4 atom stereocenters. The Hall–Kier alpha value is -2.02. The summed E-state index contributed by atoms with van der Waals surface area (Å²) in [6, 6.07) is 5.98. The molecule has 1 heterocycles. The summed E-state index contributed by atoms with van der Waals surface area (Å²) in [7, 11) is 0. The number of carbonyl (C=O) groups excluding carboxylic acids is 1. The Kier molecular flexibility index (Phi) is 4.56. The molecular formula is C19H24N2O2. The van der Waals surface area contributed by atoms with E-state index in [-0.39, 0.29) is 17.5 Å². The first kappa shape index (κ1) is 15.9. The first-order valence-corrected chi connectivity index (χ1v) is 8.61. The zero-order chi connectivity index (χ0) is 16.4. The molecule has 1 N–H and O–H groups in total. The van der Waals surface area contributed by atoms with Gasteiger partial charge in [0.05, 0.1) is 0 Å². The average molecular weight is 312 g/mol. The molecule has 0 saturated heterocycles. The van der Waals surface area contributed by atoms with E-state index in [0.29, 0.717) is 23.5 Å². The predicted octanol–water partition coefficient (Wildman–Crippen LogP) is 4.00. The average Bonchev–Trinajstić information content (AvgIpc) is 3.09. The smallest absolute Gasteiger partial charge is 0.262 e. The van der Waals surface area contributed by atoms with Crippen LogP contribution < -0.4 is 5.32 Å². The molecule has 2 aliphatic rings. The van der Waals surface area contributed by atoms with Crippen LogP contribution in [0.5, 0.6) is 0 Å². The van der Waals surface area contributed by atoms with Gasteiger partial charge in [-0.25, -0.2) is 0 Å². The highest BCUT2D eigenvalue weighted by Gasteiger charge is 2.36. The van der Waals surface area contributed by atoms with E-state index < -0.39 is 0 Å². The highest BCUT2D eigenvalue weighted by molar-refractivity contribution is 6.01. The van der Waals surface area contributed by atoms with E-state index in [0.717, 1.165) is 31.4 Å².